The quantitative estimate of drug-likeness (QED) is 0.582. The van der Waals surface area contributed by atoms with E-state index < -0.39 is 21.6 Å². The van der Waals surface area contributed by atoms with E-state index >= 15 is 0 Å². The Morgan fingerprint density at radius 3 is 2.64 bits per heavy atom. The predicted molar refractivity (Wildman–Crippen MR) is 58.7 cm³/mol. The molecular formula is C10H12O2S2. The molecule has 1 saturated heterocycles. The highest BCUT2D eigenvalue weighted by atomic mass is 32.2. The first kappa shape index (κ1) is 9.04. The maximum Gasteiger partial charge on any atom is 0.0690 e. The molecule has 0 aromatic rings. The second-order valence-corrected chi connectivity index (χ2v) is 7.45. The first-order valence-corrected chi connectivity index (χ1v) is 7.32. The van der Waals surface area contributed by atoms with Crippen LogP contribution in [-0.2, 0) is 21.6 Å². The van der Waals surface area contributed by atoms with E-state index in [0.717, 1.165) is 0 Å². The maximum absolute atomic E-state index is 12.0. The van der Waals surface area contributed by atoms with Gasteiger partial charge in [-0.2, -0.15) is 0 Å². The zero-order valence-corrected chi connectivity index (χ0v) is 9.73. The van der Waals surface area contributed by atoms with Gasteiger partial charge in [-0.3, -0.25) is 8.42 Å². The van der Waals surface area contributed by atoms with Crippen molar-refractivity contribution >= 4 is 21.6 Å². The molecule has 3 rings (SSSR count). The molecule has 6 atom stereocenters. The molecule has 0 radical (unpaired) electrons. The van der Waals surface area contributed by atoms with E-state index in [1.165, 1.54) is 11.1 Å². The van der Waals surface area contributed by atoms with Crippen molar-refractivity contribution in [3.63, 3.8) is 0 Å². The molecule has 14 heavy (non-hydrogen) atoms. The highest BCUT2D eigenvalue weighted by Gasteiger charge is 2.57. The van der Waals surface area contributed by atoms with E-state index in [1.807, 2.05) is 19.3 Å². The fourth-order valence-electron chi connectivity index (χ4n) is 2.92. The minimum absolute atomic E-state index is 0.0551. The molecule has 2 nitrogen and oxygen atoms in total. The van der Waals surface area contributed by atoms with Crippen LogP contribution in [0.3, 0.4) is 0 Å². The molecule has 2 bridgehead atoms. The minimum Gasteiger partial charge on any atom is -0.258 e. The first-order valence-electron chi connectivity index (χ1n) is 4.76. The predicted octanol–water partition coefficient (Wildman–Crippen LogP) is 1.10. The summed E-state index contributed by atoms with van der Waals surface area (Å²) in [6.07, 6.45) is 2.08. The van der Waals surface area contributed by atoms with Crippen LogP contribution in [0, 0.1) is 5.92 Å². The van der Waals surface area contributed by atoms with Gasteiger partial charge in [0.2, 0.25) is 0 Å². The average molecular weight is 228 g/mol. The third-order valence-electron chi connectivity index (χ3n) is 3.49. The van der Waals surface area contributed by atoms with Crippen molar-refractivity contribution in [2.75, 3.05) is 0 Å². The van der Waals surface area contributed by atoms with Gasteiger partial charge in [-0.05, 0) is 13.8 Å². The normalized spacial score (nSPS) is 54.4. The van der Waals surface area contributed by atoms with Gasteiger partial charge in [-0.25, -0.2) is 0 Å². The molecule has 0 aliphatic carbocycles. The summed E-state index contributed by atoms with van der Waals surface area (Å²) >= 11 is 0. The average Bonchev–Trinajstić information content (AvgIpc) is 2.64. The first-order chi connectivity index (χ1) is 6.61. The topological polar surface area (TPSA) is 34.1 Å². The third kappa shape index (κ3) is 0.865. The summed E-state index contributed by atoms with van der Waals surface area (Å²) in [6.45, 7) is 4.07. The highest BCUT2D eigenvalue weighted by Crippen LogP contribution is 2.49. The molecule has 0 N–H and O–H groups in total. The van der Waals surface area contributed by atoms with Crippen LogP contribution in [0.4, 0.5) is 0 Å². The molecule has 1 fully saturated rings. The lowest BCUT2D eigenvalue weighted by Gasteiger charge is -2.21. The van der Waals surface area contributed by atoms with Crippen molar-refractivity contribution in [2.24, 2.45) is 5.92 Å². The Kier molecular flexibility index (Phi) is 1.72. The summed E-state index contributed by atoms with van der Waals surface area (Å²) in [4.78, 5) is 0. The Hall–Kier alpha value is -0.220. The summed E-state index contributed by atoms with van der Waals surface area (Å²) in [7, 11) is -1.70. The maximum atomic E-state index is 12.0. The van der Waals surface area contributed by atoms with Crippen LogP contribution >= 0.6 is 0 Å². The van der Waals surface area contributed by atoms with E-state index in [9.17, 15) is 8.42 Å². The van der Waals surface area contributed by atoms with Crippen LogP contribution in [-0.4, -0.2) is 24.2 Å². The van der Waals surface area contributed by atoms with Crippen molar-refractivity contribution in [1.82, 2.24) is 0 Å². The zero-order valence-electron chi connectivity index (χ0n) is 8.10. The third-order valence-corrected chi connectivity index (χ3v) is 7.53. The second kappa shape index (κ2) is 2.67. The van der Waals surface area contributed by atoms with Crippen molar-refractivity contribution in [3.05, 3.63) is 22.6 Å². The van der Waals surface area contributed by atoms with Crippen LogP contribution in [0.15, 0.2) is 22.6 Å². The van der Waals surface area contributed by atoms with Crippen LogP contribution in [0.1, 0.15) is 13.8 Å². The highest BCUT2D eigenvalue weighted by molar-refractivity contribution is 7.93. The number of fused-ring (bicyclic) bond motifs is 5. The van der Waals surface area contributed by atoms with Crippen LogP contribution in [0.2, 0.25) is 0 Å². The van der Waals surface area contributed by atoms with Crippen LogP contribution in [0.5, 0.6) is 0 Å². The van der Waals surface area contributed by atoms with Gasteiger partial charge >= 0.3 is 0 Å². The molecule has 2 unspecified atom stereocenters. The smallest absolute Gasteiger partial charge is 0.0690 e. The molecular weight excluding hydrogens is 216 g/mol. The summed E-state index contributed by atoms with van der Waals surface area (Å²) in [5.74, 6) is 0.298. The Morgan fingerprint density at radius 1 is 1.21 bits per heavy atom. The summed E-state index contributed by atoms with van der Waals surface area (Å²) in [5.41, 5.74) is 2.42. The molecule has 4 heteroatoms. The lowest BCUT2D eigenvalue weighted by atomic mass is 9.85. The standard InChI is InChI=1S/C10H12O2S2/c1-5-3-7-10-8(9(5)14(7)12)6(2)4-13(10)11/h3-4,7-10H,1-2H3/t7-,8-,9+,10+,13?,14?/m0/s1. The van der Waals surface area contributed by atoms with Crippen LogP contribution < -0.4 is 0 Å². The molecule has 3 aliphatic rings. The SMILES string of the molecule is CC1=CS(=O)[C@H]2[C@@H]1[C@H]1C(C)=C[C@@H]2S1=O. The molecule has 0 spiro atoms. The number of hydrogen-bond donors (Lipinski definition) is 0. The van der Waals surface area contributed by atoms with Gasteiger partial charge in [-0.1, -0.05) is 17.2 Å². The lowest BCUT2D eigenvalue weighted by Crippen LogP contribution is -2.30. The largest absolute Gasteiger partial charge is 0.258 e. The van der Waals surface area contributed by atoms with Gasteiger partial charge in [0.1, 0.15) is 0 Å². The van der Waals surface area contributed by atoms with Gasteiger partial charge in [0.05, 0.1) is 26.5 Å². The molecule has 0 aromatic heterocycles. The number of allylic oxidation sites excluding steroid dienone is 1. The van der Waals surface area contributed by atoms with E-state index in [4.69, 9.17) is 0 Å². The van der Waals surface area contributed by atoms with Crippen molar-refractivity contribution in [2.45, 2.75) is 29.6 Å². The Labute approximate surface area is 88.4 Å². The zero-order chi connectivity index (χ0) is 10.0. The van der Waals surface area contributed by atoms with Crippen molar-refractivity contribution in [1.29, 1.82) is 0 Å². The molecule has 3 heterocycles. The Balaban J connectivity index is 2.15. The molecule has 0 saturated carbocycles. The van der Waals surface area contributed by atoms with E-state index in [1.54, 1.807) is 0 Å². The molecule has 0 aromatic carbocycles. The summed E-state index contributed by atoms with van der Waals surface area (Å²) < 4.78 is 23.8. The van der Waals surface area contributed by atoms with Gasteiger partial charge in [0.15, 0.2) is 0 Å². The monoisotopic (exact) mass is 228 g/mol. The second-order valence-electron chi connectivity index (χ2n) is 4.31. The Morgan fingerprint density at radius 2 is 1.93 bits per heavy atom. The van der Waals surface area contributed by atoms with Gasteiger partial charge in [0.25, 0.3) is 0 Å². The van der Waals surface area contributed by atoms with Crippen molar-refractivity contribution < 1.29 is 8.42 Å². The number of hydrogen-bond acceptors (Lipinski definition) is 2. The fourth-order valence-corrected chi connectivity index (χ4v) is 7.60. The van der Waals surface area contributed by atoms with Crippen LogP contribution in [0.25, 0.3) is 0 Å². The summed E-state index contributed by atoms with van der Waals surface area (Å²) in [5, 5.41) is 2.19. The van der Waals surface area contributed by atoms with Gasteiger partial charge in [0, 0.05) is 22.1 Å². The van der Waals surface area contributed by atoms with E-state index in [2.05, 4.69) is 6.08 Å². The molecule has 3 aliphatic heterocycles. The van der Waals surface area contributed by atoms with Gasteiger partial charge in [-0.15, -0.1) is 0 Å². The fraction of sp³-hybridized carbons (Fsp3) is 0.600. The van der Waals surface area contributed by atoms with Gasteiger partial charge < -0.3 is 0 Å². The molecule has 76 valence electrons. The lowest BCUT2D eigenvalue weighted by molar-refractivity contribution is 0.596. The summed E-state index contributed by atoms with van der Waals surface area (Å²) in [6, 6.07) is 0. The Bertz CT molecular complexity index is 422. The van der Waals surface area contributed by atoms with Crippen molar-refractivity contribution in [3.8, 4) is 0 Å². The van der Waals surface area contributed by atoms with E-state index in [0.29, 0.717) is 5.92 Å². The molecule has 0 amide bonds. The van der Waals surface area contributed by atoms with E-state index in [-0.39, 0.29) is 15.7 Å². The minimum atomic E-state index is -0.893. The number of rotatable bonds is 0.